The van der Waals surface area contributed by atoms with Crippen LogP contribution in [0.15, 0.2) is 36.5 Å². The van der Waals surface area contributed by atoms with Crippen molar-refractivity contribution in [1.82, 2.24) is 9.38 Å². The van der Waals surface area contributed by atoms with Crippen molar-refractivity contribution >= 4 is 5.65 Å². The second-order valence-electron chi connectivity index (χ2n) is 4.98. The molecule has 3 heteroatoms. The highest BCUT2D eigenvalue weighted by molar-refractivity contribution is 5.65. The third-order valence-electron chi connectivity index (χ3n) is 3.40. The van der Waals surface area contributed by atoms with Crippen molar-refractivity contribution in [1.29, 1.82) is 0 Å². The quantitative estimate of drug-likeness (QED) is 0.640. The molecule has 3 aromatic rings. The van der Waals surface area contributed by atoms with Gasteiger partial charge in [0.2, 0.25) is 0 Å². The Morgan fingerprint density at radius 1 is 1.05 bits per heavy atom. The molecule has 0 N–H and O–H groups in total. The monoisotopic (exact) mass is 254 g/mol. The van der Waals surface area contributed by atoms with Crippen LogP contribution in [0.25, 0.3) is 16.9 Å². The molecule has 1 aromatic carbocycles. The minimum atomic E-state index is -0.183. The van der Waals surface area contributed by atoms with E-state index < -0.39 is 0 Å². The van der Waals surface area contributed by atoms with Gasteiger partial charge in [0.15, 0.2) is 0 Å². The molecule has 0 aliphatic carbocycles. The molecule has 3 rings (SSSR count). The Bertz CT molecular complexity index is 772. The number of hydrogen-bond acceptors (Lipinski definition) is 1. The molecule has 2 aromatic heterocycles. The lowest BCUT2D eigenvalue weighted by molar-refractivity contribution is 0.619. The number of rotatable bonds is 1. The molecule has 0 aliphatic rings. The van der Waals surface area contributed by atoms with E-state index in [1.165, 1.54) is 5.56 Å². The lowest BCUT2D eigenvalue weighted by atomic mass is 10.1. The molecular weight excluding hydrogens is 239 g/mol. The first-order chi connectivity index (χ1) is 9.06. The summed E-state index contributed by atoms with van der Waals surface area (Å²) in [6, 6.07) is 9.43. The standard InChI is InChI=1S/C16H15FN2/c1-10-6-12(3)19-15(9-18-16(19)7-10)13-5-4-11(2)14(17)8-13/h4-9H,1-3H3. The summed E-state index contributed by atoms with van der Waals surface area (Å²) in [5.74, 6) is -0.183. The number of aryl methyl sites for hydroxylation is 3. The van der Waals surface area contributed by atoms with Gasteiger partial charge in [0.25, 0.3) is 0 Å². The molecule has 2 nitrogen and oxygen atoms in total. The Kier molecular flexibility index (Phi) is 2.63. The van der Waals surface area contributed by atoms with Gasteiger partial charge in [0, 0.05) is 11.3 Å². The minimum Gasteiger partial charge on any atom is -0.297 e. The van der Waals surface area contributed by atoms with Crippen molar-refractivity contribution in [2.45, 2.75) is 20.8 Å². The van der Waals surface area contributed by atoms with Crippen molar-refractivity contribution in [3.8, 4) is 11.3 Å². The molecule has 2 heterocycles. The van der Waals surface area contributed by atoms with Gasteiger partial charge in [-0.05, 0) is 50.1 Å². The molecule has 0 aliphatic heterocycles. The third-order valence-corrected chi connectivity index (χ3v) is 3.40. The van der Waals surface area contributed by atoms with Gasteiger partial charge < -0.3 is 0 Å². The normalized spacial score (nSPS) is 11.2. The van der Waals surface area contributed by atoms with Crippen LogP contribution < -0.4 is 0 Å². The number of nitrogens with zero attached hydrogens (tertiary/aromatic N) is 2. The first-order valence-corrected chi connectivity index (χ1v) is 6.27. The zero-order valence-corrected chi connectivity index (χ0v) is 11.2. The second-order valence-corrected chi connectivity index (χ2v) is 4.98. The molecule has 0 spiro atoms. The van der Waals surface area contributed by atoms with E-state index in [-0.39, 0.29) is 5.82 Å². The molecule has 0 amide bonds. The van der Waals surface area contributed by atoms with Crippen LogP contribution >= 0.6 is 0 Å². The van der Waals surface area contributed by atoms with Crippen molar-refractivity contribution in [3.63, 3.8) is 0 Å². The minimum absolute atomic E-state index is 0.183. The lowest BCUT2D eigenvalue weighted by Crippen LogP contribution is -1.95. The summed E-state index contributed by atoms with van der Waals surface area (Å²) in [7, 11) is 0. The zero-order chi connectivity index (χ0) is 13.6. The van der Waals surface area contributed by atoms with E-state index in [9.17, 15) is 4.39 Å². The van der Waals surface area contributed by atoms with Gasteiger partial charge in [-0.1, -0.05) is 12.1 Å². The number of imidazole rings is 1. The largest absolute Gasteiger partial charge is 0.297 e. The summed E-state index contributed by atoms with van der Waals surface area (Å²) < 4.78 is 15.8. The fourth-order valence-electron chi connectivity index (χ4n) is 2.43. The van der Waals surface area contributed by atoms with Crippen LogP contribution in [0.4, 0.5) is 4.39 Å². The average molecular weight is 254 g/mol. The Morgan fingerprint density at radius 3 is 2.58 bits per heavy atom. The maximum absolute atomic E-state index is 13.7. The number of benzene rings is 1. The van der Waals surface area contributed by atoms with Gasteiger partial charge in [-0.15, -0.1) is 0 Å². The first kappa shape index (κ1) is 11.9. The summed E-state index contributed by atoms with van der Waals surface area (Å²) >= 11 is 0. The summed E-state index contributed by atoms with van der Waals surface area (Å²) in [6.07, 6.45) is 1.80. The van der Waals surface area contributed by atoms with Crippen LogP contribution in [0.2, 0.25) is 0 Å². The van der Waals surface area contributed by atoms with Crippen molar-refractivity contribution in [2.24, 2.45) is 0 Å². The van der Waals surface area contributed by atoms with Crippen LogP contribution in [0.5, 0.6) is 0 Å². The van der Waals surface area contributed by atoms with Crippen LogP contribution in [-0.2, 0) is 0 Å². The first-order valence-electron chi connectivity index (χ1n) is 6.27. The van der Waals surface area contributed by atoms with Crippen LogP contribution in [0, 0.1) is 26.6 Å². The molecule has 0 unspecified atom stereocenters. The maximum atomic E-state index is 13.7. The van der Waals surface area contributed by atoms with Gasteiger partial charge in [-0.2, -0.15) is 0 Å². The van der Waals surface area contributed by atoms with E-state index in [4.69, 9.17) is 0 Å². The van der Waals surface area contributed by atoms with E-state index in [1.807, 2.05) is 26.0 Å². The number of pyridine rings is 1. The SMILES string of the molecule is Cc1cc(C)n2c(-c3ccc(C)c(F)c3)cnc2c1. The van der Waals surface area contributed by atoms with Crippen LogP contribution in [-0.4, -0.2) is 9.38 Å². The van der Waals surface area contributed by atoms with E-state index in [0.29, 0.717) is 5.56 Å². The molecular formula is C16H15FN2. The van der Waals surface area contributed by atoms with Crippen LogP contribution in [0.1, 0.15) is 16.8 Å². The lowest BCUT2D eigenvalue weighted by Gasteiger charge is -2.07. The van der Waals surface area contributed by atoms with E-state index in [1.54, 1.807) is 25.3 Å². The Hall–Kier alpha value is -2.16. The van der Waals surface area contributed by atoms with E-state index in [0.717, 1.165) is 22.6 Å². The number of hydrogen-bond donors (Lipinski definition) is 0. The predicted octanol–water partition coefficient (Wildman–Crippen LogP) is 4.07. The van der Waals surface area contributed by atoms with Crippen molar-refractivity contribution < 1.29 is 4.39 Å². The van der Waals surface area contributed by atoms with Crippen molar-refractivity contribution in [3.05, 3.63) is 59.2 Å². The second kappa shape index (κ2) is 4.19. The molecule has 0 fully saturated rings. The topological polar surface area (TPSA) is 17.3 Å². The highest BCUT2D eigenvalue weighted by Gasteiger charge is 2.10. The number of halogens is 1. The van der Waals surface area contributed by atoms with Gasteiger partial charge in [-0.25, -0.2) is 9.37 Å². The highest BCUT2D eigenvalue weighted by Crippen LogP contribution is 2.24. The molecule has 0 saturated heterocycles. The molecule has 19 heavy (non-hydrogen) atoms. The maximum Gasteiger partial charge on any atom is 0.137 e. The molecule has 0 saturated carbocycles. The summed E-state index contributed by atoms with van der Waals surface area (Å²) in [5, 5.41) is 0. The number of fused-ring (bicyclic) bond motifs is 1. The Balaban J connectivity index is 2.28. The zero-order valence-electron chi connectivity index (χ0n) is 11.2. The summed E-state index contributed by atoms with van der Waals surface area (Å²) in [6.45, 7) is 5.85. The fourth-order valence-corrected chi connectivity index (χ4v) is 2.43. The van der Waals surface area contributed by atoms with E-state index in [2.05, 4.69) is 15.5 Å². The molecule has 0 radical (unpaired) electrons. The fraction of sp³-hybridized carbons (Fsp3) is 0.188. The molecule has 0 atom stereocenters. The van der Waals surface area contributed by atoms with Gasteiger partial charge >= 0.3 is 0 Å². The van der Waals surface area contributed by atoms with Crippen LogP contribution in [0.3, 0.4) is 0 Å². The Morgan fingerprint density at radius 2 is 1.84 bits per heavy atom. The smallest absolute Gasteiger partial charge is 0.137 e. The Labute approximate surface area is 111 Å². The number of aromatic nitrogens is 2. The van der Waals surface area contributed by atoms with Gasteiger partial charge in [-0.3, -0.25) is 4.40 Å². The molecule has 0 bridgehead atoms. The highest BCUT2D eigenvalue weighted by atomic mass is 19.1. The summed E-state index contributed by atoms with van der Waals surface area (Å²) in [5.41, 5.74) is 5.60. The average Bonchev–Trinajstić information content (AvgIpc) is 2.76. The van der Waals surface area contributed by atoms with Crippen molar-refractivity contribution in [2.75, 3.05) is 0 Å². The van der Waals surface area contributed by atoms with Gasteiger partial charge in [0.1, 0.15) is 11.5 Å². The third kappa shape index (κ3) is 1.91. The summed E-state index contributed by atoms with van der Waals surface area (Å²) in [4.78, 5) is 4.41. The van der Waals surface area contributed by atoms with Gasteiger partial charge in [0.05, 0.1) is 11.9 Å². The molecule has 96 valence electrons. The predicted molar refractivity (Wildman–Crippen MR) is 74.8 cm³/mol. The van der Waals surface area contributed by atoms with E-state index >= 15 is 0 Å².